The number of hydrogen-bond donors (Lipinski definition) is 1. The molecule has 0 unspecified atom stereocenters. The van der Waals surface area contributed by atoms with Gasteiger partial charge in [0.1, 0.15) is 0 Å². The molecule has 3 nitrogen and oxygen atoms in total. The lowest BCUT2D eigenvalue weighted by atomic mass is 10.00. The van der Waals surface area contributed by atoms with E-state index in [0.717, 1.165) is 37.8 Å². The fourth-order valence-corrected chi connectivity index (χ4v) is 2.20. The molecule has 0 spiro atoms. The Balaban J connectivity index is 2.19. The zero-order chi connectivity index (χ0) is 14.3. The number of alkyl halides is 3. The van der Waals surface area contributed by atoms with Crippen LogP contribution in [0.5, 0.6) is 0 Å². The van der Waals surface area contributed by atoms with Gasteiger partial charge in [0, 0.05) is 33.1 Å². The number of hydrogen-bond acceptors (Lipinski definition) is 1. The van der Waals surface area contributed by atoms with E-state index in [2.05, 4.69) is 22.1 Å². The molecule has 6 heteroatoms. The van der Waals surface area contributed by atoms with Gasteiger partial charge in [0.25, 0.3) is 0 Å². The number of aliphatic imine (C=N–C) groups is 1. The summed E-state index contributed by atoms with van der Waals surface area (Å²) in [4.78, 5) is 6.38. The summed E-state index contributed by atoms with van der Waals surface area (Å²) in [5, 5.41) is 3.15. The number of nitrogens with one attached hydrogen (secondary N) is 1. The van der Waals surface area contributed by atoms with Crippen molar-refractivity contribution in [3.8, 4) is 0 Å². The van der Waals surface area contributed by atoms with Crippen LogP contribution in [0.4, 0.5) is 13.2 Å². The smallest absolute Gasteiger partial charge is 0.356 e. The first-order valence-electron chi connectivity index (χ1n) is 6.94. The predicted molar refractivity (Wildman–Crippen MR) is 71.2 cm³/mol. The molecule has 0 bridgehead atoms. The number of likely N-dealkylation sites (tertiary alicyclic amines) is 1. The highest BCUT2D eigenvalue weighted by Gasteiger charge is 2.25. The zero-order valence-corrected chi connectivity index (χ0v) is 11.8. The number of rotatable bonds is 4. The van der Waals surface area contributed by atoms with Gasteiger partial charge in [-0.15, -0.1) is 0 Å². The summed E-state index contributed by atoms with van der Waals surface area (Å²) in [7, 11) is 1.72. The molecule has 1 N–H and O–H groups in total. The molecule has 1 heterocycles. The van der Waals surface area contributed by atoms with Crippen LogP contribution < -0.4 is 5.32 Å². The monoisotopic (exact) mass is 279 g/mol. The fourth-order valence-electron chi connectivity index (χ4n) is 2.20. The lowest BCUT2D eigenvalue weighted by molar-refractivity contribution is -0.135. The first-order valence-corrected chi connectivity index (χ1v) is 6.94. The van der Waals surface area contributed by atoms with Crippen LogP contribution in [-0.2, 0) is 0 Å². The second-order valence-electron chi connectivity index (χ2n) is 5.22. The molecule has 0 atom stereocenters. The first-order chi connectivity index (χ1) is 8.92. The highest BCUT2D eigenvalue weighted by atomic mass is 19.4. The molecule has 19 heavy (non-hydrogen) atoms. The molecular weight excluding hydrogens is 255 g/mol. The molecule has 1 aliphatic heterocycles. The minimum atomic E-state index is -4.04. The second-order valence-corrected chi connectivity index (χ2v) is 5.22. The van der Waals surface area contributed by atoms with Crippen LogP contribution in [0.15, 0.2) is 4.99 Å². The van der Waals surface area contributed by atoms with Gasteiger partial charge in [0.2, 0.25) is 0 Å². The van der Waals surface area contributed by atoms with Gasteiger partial charge in [-0.2, -0.15) is 13.2 Å². The molecule has 1 rings (SSSR count). The Bertz CT molecular complexity index is 281. The van der Waals surface area contributed by atoms with Crippen molar-refractivity contribution in [2.75, 3.05) is 26.7 Å². The van der Waals surface area contributed by atoms with Crippen molar-refractivity contribution in [1.29, 1.82) is 0 Å². The van der Waals surface area contributed by atoms with Crippen LogP contribution in [0.1, 0.15) is 39.0 Å². The maximum atomic E-state index is 12.0. The molecule has 0 aromatic heterocycles. The van der Waals surface area contributed by atoms with Crippen LogP contribution in [-0.4, -0.2) is 43.7 Å². The van der Waals surface area contributed by atoms with E-state index in [1.54, 1.807) is 7.05 Å². The fraction of sp³-hybridized carbons (Fsp3) is 0.923. The lowest BCUT2D eigenvalue weighted by Crippen LogP contribution is -2.45. The summed E-state index contributed by atoms with van der Waals surface area (Å²) in [6, 6.07) is 0. The van der Waals surface area contributed by atoms with Crippen LogP contribution in [0.25, 0.3) is 0 Å². The minimum Gasteiger partial charge on any atom is -0.356 e. The number of piperidine rings is 1. The van der Waals surface area contributed by atoms with Crippen molar-refractivity contribution in [3.63, 3.8) is 0 Å². The van der Waals surface area contributed by atoms with Gasteiger partial charge in [-0.25, -0.2) is 0 Å². The molecule has 0 aromatic carbocycles. The molecule has 1 fully saturated rings. The Kier molecular flexibility index (Phi) is 6.45. The zero-order valence-electron chi connectivity index (χ0n) is 11.8. The Morgan fingerprint density at radius 1 is 1.26 bits per heavy atom. The summed E-state index contributed by atoms with van der Waals surface area (Å²) in [5.74, 6) is 1.57. The standard InChI is InChI=1S/C13H24F3N3/c1-11-5-9-19(10-6-11)12(17-2)18-8-4-3-7-13(14,15)16/h11H,3-10H2,1-2H3,(H,17,18). The maximum absolute atomic E-state index is 12.0. The first kappa shape index (κ1) is 16.1. The number of guanidine groups is 1. The lowest BCUT2D eigenvalue weighted by Gasteiger charge is -2.32. The highest BCUT2D eigenvalue weighted by Crippen LogP contribution is 2.22. The SMILES string of the molecule is CN=C(NCCCCC(F)(F)F)N1CCC(C)CC1. The third kappa shape index (κ3) is 6.68. The summed E-state index contributed by atoms with van der Waals surface area (Å²) in [6.07, 6.45) is -1.75. The van der Waals surface area contributed by atoms with Gasteiger partial charge in [-0.1, -0.05) is 6.92 Å². The van der Waals surface area contributed by atoms with Crippen molar-refractivity contribution in [3.05, 3.63) is 0 Å². The topological polar surface area (TPSA) is 27.6 Å². The van der Waals surface area contributed by atoms with Crippen LogP contribution >= 0.6 is 0 Å². The van der Waals surface area contributed by atoms with E-state index in [0.29, 0.717) is 13.0 Å². The Morgan fingerprint density at radius 2 is 1.89 bits per heavy atom. The predicted octanol–water partition coefficient (Wildman–Crippen LogP) is 3.03. The van der Waals surface area contributed by atoms with Crippen molar-refractivity contribution in [2.24, 2.45) is 10.9 Å². The normalized spacial score (nSPS) is 18.8. The van der Waals surface area contributed by atoms with Crippen molar-refractivity contribution in [1.82, 2.24) is 10.2 Å². The summed E-state index contributed by atoms with van der Waals surface area (Å²) < 4.78 is 35.9. The second kappa shape index (κ2) is 7.60. The van der Waals surface area contributed by atoms with Gasteiger partial charge >= 0.3 is 6.18 Å². The third-order valence-electron chi connectivity index (χ3n) is 3.47. The van der Waals surface area contributed by atoms with Gasteiger partial charge < -0.3 is 10.2 Å². The van der Waals surface area contributed by atoms with E-state index >= 15 is 0 Å². The van der Waals surface area contributed by atoms with E-state index in [1.807, 2.05) is 0 Å². The van der Waals surface area contributed by atoms with E-state index in [1.165, 1.54) is 0 Å². The van der Waals surface area contributed by atoms with E-state index in [9.17, 15) is 13.2 Å². The van der Waals surface area contributed by atoms with E-state index < -0.39 is 12.6 Å². The molecule has 0 amide bonds. The molecule has 0 saturated carbocycles. The average molecular weight is 279 g/mol. The van der Waals surface area contributed by atoms with E-state index in [-0.39, 0.29) is 6.42 Å². The number of nitrogens with zero attached hydrogens (tertiary/aromatic N) is 2. The van der Waals surface area contributed by atoms with Crippen LogP contribution in [0, 0.1) is 5.92 Å². The van der Waals surface area contributed by atoms with Crippen molar-refractivity contribution in [2.45, 2.75) is 45.2 Å². The van der Waals surface area contributed by atoms with Crippen LogP contribution in [0.2, 0.25) is 0 Å². The highest BCUT2D eigenvalue weighted by molar-refractivity contribution is 5.79. The van der Waals surface area contributed by atoms with E-state index in [4.69, 9.17) is 0 Å². The molecule has 0 aliphatic carbocycles. The van der Waals surface area contributed by atoms with Gasteiger partial charge in [-0.3, -0.25) is 4.99 Å². The van der Waals surface area contributed by atoms with Gasteiger partial charge in [0.05, 0.1) is 0 Å². The van der Waals surface area contributed by atoms with Crippen molar-refractivity contribution >= 4 is 5.96 Å². The molecule has 1 saturated heterocycles. The summed E-state index contributed by atoms with van der Waals surface area (Å²) >= 11 is 0. The molecular formula is C13H24F3N3. The Morgan fingerprint density at radius 3 is 2.42 bits per heavy atom. The summed E-state index contributed by atoms with van der Waals surface area (Å²) in [6.45, 7) is 4.74. The van der Waals surface area contributed by atoms with Crippen LogP contribution in [0.3, 0.4) is 0 Å². The molecule has 0 radical (unpaired) electrons. The largest absolute Gasteiger partial charge is 0.389 e. The average Bonchev–Trinajstić information content (AvgIpc) is 2.34. The molecule has 112 valence electrons. The summed E-state index contributed by atoms with van der Waals surface area (Å²) in [5.41, 5.74) is 0. The number of unbranched alkanes of at least 4 members (excludes halogenated alkanes) is 1. The Hall–Kier alpha value is -0.940. The maximum Gasteiger partial charge on any atom is 0.389 e. The van der Waals surface area contributed by atoms with Gasteiger partial charge in [0.15, 0.2) is 5.96 Å². The molecule has 0 aromatic rings. The van der Waals surface area contributed by atoms with Gasteiger partial charge in [-0.05, 0) is 31.6 Å². The molecule has 1 aliphatic rings. The third-order valence-corrected chi connectivity index (χ3v) is 3.47. The minimum absolute atomic E-state index is 0.171. The number of halogens is 3. The Labute approximate surface area is 113 Å². The quantitative estimate of drug-likeness (QED) is 0.486. The van der Waals surface area contributed by atoms with Crippen molar-refractivity contribution < 1.29 is 13.2 Å².